The summed E-state index contributed by atoms with van der Waals surface area (Å²) < 4.78 is 1.60. The number of nitrogens with zero attached hydrogens (tertiary/aromatic N) is 5. The first-order valence-corrected chi connectivity index (χ1v) is 5.45. The van der Waals surface area contributed by atoms with Gasteiger partial charge in [0, 0.05) is 12.7 Å². The van der Waals surface area contributed by atoms with Crippen molar-refractivity contribution in [1.82, 2.24) is 25.0 Å². The van der Waals surface area contributed by atoms with Crippen LogP contribution in [0.25, 0.3) is 0 Å². The molecule has 0 N–H and O–H groups in total. The minimum atomic E-state index is -0.172. The van der Waals surface area contributed by atoms with E-state index in [1.807, 2.05) is 6.92 Å². The van der Waals surface area contributed by atoms with Crippen LogP contribution in [0.5, 0.6) is 0 Å². The highest BCUT2D eigenvalue weighted by molar-refractivity contribution is 6.06. The van der Waals surface area contributed by atoms with Crippen molar-refractivity contribution in [3.05, 3.63) is 35.7 Å². The van der Waals surface area contributed by atoms with E-state index in [0.717, 1.165) is 6.42 Å². The van der Waals surface area contributed by atoms with E-state index >= 15 is 0 Å². The molecule has 0 aliphatic heterocycles. The van der Waals surface area contributed by atoms with Crippen LogP contribution in [-0.2, 0) is 6.54 Å². The Morgan fingerprint density at radius 1 is 1.47 bits per heavy atom. The molecule has 6 nitrogen and oxygen atoms in total. The van der Waals surface area contributed by atoms with Gasteiger partial charge in [0.2, 0.25) is 5.78 Å². The van der Waals surface area contributed by atoms with E-state index in [0.29, 0.717) is 23.8 Å². The van der Waals surface area contributed by atoms with Gasteiger partial charge < -0.3 is 0 Å². The monoisotopic (exact) mass is 231 g/mol. The maximum absolute atomic E-state index is 12.2. The predicted octanol–water partition coefficient (Wildman–Crippen LogP) is 1.02. The van der Waals surface area contributed by atoms with E-state index in [9.17, 15) is 4.79 Å². The van der Waals surface area contributed by atoms with Crippen LogP contribution in [0.4, 0.5) is 0 Å². The number of hydrogen-bond acceptors (Lipinski definition) is 5. The smallest absolute Gasteiger partial charge is 0.231 e. The van der Waals surface area contributed by atoms with Gasteiger partial charge in [-0.1, -0.05) is 12.1 Å². The van der Waals surface area contributed by atoms with E-state index in [2.05, 4.69) is 20.3 Å². The van der Waals surface area contributed by atoms with E-state index in [1.54, 1.807) is 23.9 Å². The van der Waals surface area contributed by atoms with Crippen LogP contribution in [0, 0.1) is 6.92 Å². The molecule has 0 aromatic carbocycles. The molecule has 0 saturated carbocycles. The number of carbonyl (C=O) groups is 1. The van der Waals surface area contributed by atoms with Crippen LogP contribution in [0.15, 0.2) is 18.5 Å². The van der Waals surface area contributed by atoms with Crippen LogP contribution in [0.2, 0.25) is 0 Å². The van der Waals surface area contributed by atoms with Gasteiger partial charge in [0.05, 0.1) is 6.20 Å². The summed E-state index contributed by atoms with van der Waals surface area (Å²) in [6, 6.07) is 1.60. The zero-order valence-electron chi connectivity index (χ0n) is 9.79. The summed E-state index contributed by atoms with van der Waals surface area (Å²) in [7, 11) is 0. The first-order chi connectivity index (χ1) is 8.22. The molecule has 0 aliphatic carbocycles. The van der Waals surface area contributed by atoms with E-state index < -0.39 is 0 Å². The molecule has 0 radical (unpaired) electrons. The number of carbonyl (C=O) groups excluding carboxylic acids is 1. The molecule has 2 aromatic rings. The van der Waals surface area contributed by atoms with Crippen molar-refractivity contribution >= 4 is 5.78 Å². The molecule has 0 bridgehead atoms. The molecule has 0 spiro atoms. The second kappa shape index (κ2) is 4.82. The van der Waals surface area contributed by atoms with Crippen molar-refractivity contribution in [3.8, 4) is 0 Å². The van der Waals surface area contributed by atoms with E-state index in [1.165, 1.54) is 6.20 Å². The molecule has 17 heavy (non-hydrogen) atoms. The summed E-state index contributed by atoms with van der Waals surface area (Å²) in [6.45, 7) is 4.44. The largest absolute Gasteiger partial charge is 0.285 e. The molecule has 6 heteroatoms. The minimum absolute atomic E-state index is 0.172. The summed E-state index contributed by atoms with van der Waals surface area (Å²) in [5.41, 5.74) is 0.835. The van der Waals surface area contributed by atoms with Crippen molar-refractivity contribution in [1.29, 1.82) is 0 Å². The Kier molecular flexibility index (Phi) is 3.22. The maximum atomic E-state index is 12.2. The standard InChI is InChI=1S/C11H13N5O/c1-3-6-16-10(7-13-15-16)11(17)9-4-5-12-8(2)14-9/h4-5,7H,3,6H2,1-2H3. The van der Waals surface area contributed by atoms with Gasteiger partial charge in [0.25, 0.3) is 0 Å². The summed E-state index contributed by atoms with van der Waals surface area (Å²) >= 11 is 0. The van der Waals surface area contributed by atoms with Crippen molar-refractivity contribution in [2.24, 2.45) is 0 Å². The third-order valence-corrected chi connectivity index (χ3v) is 2.29. The lowest BCUT2D eigenvalue weighted by Crippen LogP contribution is -2.13. The lowest BCUT2D eigenvalue weighted by molar-refractivity contribution is 0.102. The first kappa shape index (κ1) is 11.4. The summed E-state index contributed by atoms with van der Waals surface area (Å²) in [4.78, 5) is 20.2. The van der Waals surface area contributed by atoms with Crippen LogP contribution >= 0.6 is 0 Å². The van der Waals surface area contributed by atoms with Crippen molar-refractivity contribution in [2.75, 3.05) is 0 Å². The molecule has 2 heterocycles. The van der Waals surface area contributed by atoms with Crippen molar-refractivity contribution in [2.45, 2.75) is 26.8 Å². The van der Waals surface area contributed by atoms with Crippen LogP contribution in [-0.4, -0.2) is 30.7 Å². The average Bonchev–Trinajstić information content (AvgIpc) is 2.77. The Bertz CT molecular complexity index is 534. The van der Waals surface area contributed by atoms with Crippen molar-refractivity contribution in [3.63, 3.8) is 0 Å². The zero-order valence-corrected chi connectivity index (χ0v) is 9.79. The van der Waals surface area contributed by atoms with Gasteiger partial charge in [-0.15, -0.1) is 5.10 Å². The topological polar surface area (TPSA) is 73.6 Å². The summed E-state index contributed by atoms with van der Waals surface area (Å²) in [5, 5.41) is 7.64. The molecule has 0 saturated heterocycles. The van der Waals surface area contributed by atoms with Gasteiger partial charge in [-0.25, -0.2) is 14.6 Å². The fourth-order valence-corrected chi connectivity index (χ4v) is 1.52. The van der Waals surface area contributed by atoms with Gasteiger partial charge in [-0.3, -0.25) is 4.79 Å². The average molecular weight is 231 g/mol. The molecule has 88 valence electrons. The predicted molar refractivity (Wildman–Crippen MR) is 60.5 cm³/mol. The molecule has 0 aliphatic rings. The Hall–Kier alpha value is -2.11. The van der Waals surface area contributed by atoms with E-state index in [-0.39, 0.29) is 5.78 Å². The minimum Gasteiger partial charge on any atom is -0.285 e. The van der Waals surface area contributed by atoms with Crippen LogP contribution < -0.4 is 0 Å². The fourth-order valence-electron chi connectivity index (χ4n) is 1.52. The molecule has 2 rings (SSSR count). The number of aryl methyl sites for hydroxylation is 2. The Morgan fingerprint density at radius 2 is 2.29 bits per heavy atom. The van der Waals surface area contributed by atoms with Crippen molar-refractivity contribution < 1.29 is 4.79 Å². The van der Waals surface area contributed by atoms with Gasteiger partial charge in [0.1, 0.15) is 17.2 Å². The zero-order chi connectivity index (χ0) is 12.3. The quantitative estimate of drug-likeness (QED) is 0.734. The highest BCUT2D eigenvalue weighted by Crippen LogP contribution is 2.06. The second-order valence-electron chi connectivity index (χ2n) is 3.66. The third-order valence-electron chi connectivity index (χ3n) is 2.29. The first-order valence-electron chi connectivity index (χ1n) is 5.45. The number of hydrogen-bond donors (Lipinski definition) is 0. The summed E-state index contributed by atoms with van der Waals surface area (Å²) in [6.07, 6.45) is 3.94. The lowest BCUT2D eigenvalue weighted by Gasteiger charge is -2.03. The van der Waals surface area contributed by atoms with Gasteiger partial charge >= 0.3 is 0 Å². The van der Waals surface area contributed by atoms with Gasteiger partial charge in [-0.05, 0) is 19.4 Å². The molecule has 0 atom stereocenters. The van der Waals surface area contributed by atoms with Crippen LogP contribution in [0.1, 0.15) is 35.4 Å². The number of ketones is 1. The Balaban J connectivity index is 2.33. The molecule has 0 fully saturated rings. The van der Waals surface area contributed by atoms with Gasteiger partial charge in [-0.2, -0.15) is 0 Å². The highest BCUT2D eigenvalue weighted by Gasteiger charge is 2.16. The Morgan fingerprint density at radius 3 is 3.00 bits per heavy atom. The molecule has 2 aromatic heterocycles. The molecule has 0 amide bonds. The fraction of sp³-hybridized carbons (Fsp3) is 0.364. The maximum Gasteiger partial charge on any atom is 0.231 e. The molecule has 0 unspecified atom stereocenters. The third kappa shape index (κ3) is 2.35. The SMILES string of the molecule is CCCn1nncc1C(=O)c1ccnc(C)n1. The lowest BCUT2D eigenvalue weighted by atomic mass is 10.2. The summed E-state index contributed by atoms with van der Waals surface area (Å²) in [5.74, 6) is 0.402. The normalized spacial score (nSPS) is 10.5. The second-order valence-corrected chi connectivity index (χ2v) is 3.66. The highest BCUT2D eigenvalue weighted by atomic mass is 16.1. The molecular weight excluding hydrogens is 218 g/mol. The van der Waals surface area contributed by atoms with E-state index in [4.69, 9.17) is 0 Å². The number of aromatic nitrogens is 5. The van der Waals surface area contributed by atoms with Crippen LogP contribution in [0.3, 0.4) is 0 Å². The Labute approximate surface area is 98.7 Å². The van der Waals surface area contributed by atoms with Gasteiger partial charge in [0.15, 0.2) is 0 Å². The number of rotatable bonds is 4. The molecular formula is C11H13N5O.